The number of hydrogen-bond acceptors (Lipinski definition) is 4. The third-order valence-electron chi connectivity index (χ3n) is 3.57. The molecule has 8 heteroatoms. The molecular weight excluding hydrogens is 332 g/mol. The van der Waals surface area contributed by atoms with Crippen molar-refractivity contribution in [1.82, 2.24) is 9.62 Å². The molecule has 0 aromatic heterocycles. The molecule has 0 aliphatic heterocycles. The summed E-state index contributed by atoms with van der Waals surface area (Å²) in [5.41, 5.74) is 0.228. The van der Waals surface area contributed by atoms with Gasteiger partial charge in [-0.1, -0.05) is 26.8 Å². The number of carboxylic acids is 1. The largest absolute Gasteiger partial charge is 0.481 e. The van der Waals surface area contributed by atoms with Crippen LogP contribution in [0.15, 0.2) is 29.2 Å². The first-order chi connectivity index (χ1) is 11.2. The van der Waals surface area contributed by atoms with Gasteiger partial charge >= 0.3 is 5.97 Å². The Labute approximate surface area is 142 Å². The molecule has 0 bridgehead atoms. The smallest absolute Gasteiger partial charge is 0.303 e. The van der Waals surface area contributed by atoms with Crippen LogP contribution in [0.4, 0.5) is 0 Å². The predicted molar refractivity (Wildman–Crippen MR) is 90.3 cm³/mol. The Morgan fingerprint density at radius 2 is 1.88 bits per heavy atom. The summed E-state index contributed by atoms with van der Waals surface area (Å²) in [7, 11) is -3.63. The molecule has 0 saturated heterocycles. The van der Waals surface area contributed by atoms with Gasteiger partial charge < -0.3 is 10.4 Å². The normalized spacial score (nSPS) is 12.8. The highest BCUT2D eigenvalue weighted by Gasteiger charge is 2.22. The minimum Gasteiger partial charge on any atom is -0.481 e. The lowest BCUT2D eigenvalue weighted by molar-refractivity contribution is -0.137. The zero-order chi connectivity index (χ0) is 18.3. The van der Waals surface area contributed by atoms with E-state index in [1.165, 1.54) is 28.6 Å². The zero-order valence-corrected chi connectivity index (χ0v) is 15.0. The van der Waals surface area contributed by atoms with E-state index in [1.807, 2.05) is 0 Å². The van der Waals surface area contributed by atoms with Crippen LogP contribution in [0.2, 0.25) is 0 Å². The Morgan fingerprint density at radius 1 is 1.25 bits per heavy atom. The summed E-state index contributed by atoms with van der Waals surface area (Å²) < 4.78 is 26.3. The second-order valence-electron chi connectivity index (χ2n) is 5.53. The Bertz CT molecular complexity index is 683. The molecule has 1 unspecified atom stereocenters. The number of rotatable bonds is 9. The van der Waals surface area contributed by atoms with E-state index in [9.17, 15) is 18.0 Å². The molecule has 134 valence electrons. The van der Waals surface area contributed by atoms with Gasteiger partial charge in [0.05, 0.1) is 4.90 Å². The molecule has 0 radical (unpaired) electrons. The molecule has 0 heterocycles. The Kier molecular flexibility index (Phi) is 7.37. The van der Waals surface area contributed by atoms with Gasteiger partial charge in [0.15, 0.2) is 0 Å². The molecule has 2 N–H and O–H groups in total. The van der Waals surface area contributed by atoms with Gasteiger partial charge in [-0.05, 0) is 24.1 Å². The van der Waals surface area contributed by atoms with Gasteiger partial charge in [-0.25, -0.2) is 8.42 Å². The molecule has 0 aliphatic carbocycles. The van der Waals surface area contributed by atoms with Crippen molar-refractivity contribution in [3.8, 4) is 0 Å². The van der Waals surface area contributed by atoms with Gasteiger partial charge in [-0.15, -0.1) is 0 Å². The molecule has 0 spiro atoms. The van der Waals surface area contributed by atoms with Crippen LogP contribution in [-0.2, 0) is 14.8 Å². The number of amides is 1. The van der Waals surface area contributed by atoms with Gasteiger partial charge in [0.25, 0.3) is 5.91 Å². The topological polar surface area (TPSA) is 104 Å². The fourth-order valence-corrected chi connectivity index (χ4v) is 3.75. The van der Waals surface area contributed by atoms with E-state index in [0.29, 0.717) is 13.1 Å². The third kappa shape index (κ3) is 5.31. The number of carboxylic acid groups (broad SMARTS) is 1. The molecule has 1 atom stereocenters. The highest BCUT2D eigenvalue weighted by Crippen LogP contribution is 2.17. The lowest BCUT2D eigenvalue weighted by atomic mass is 10.1. The minimum atomic E-state index is -3.63. The molecule has 0 aliphatic rings. The van der Waals surface area contributed by atoms with Crippen molar-refractivity contribution in [2.45, 2.75) is 32.1 Å². The minimum absolute atomic E-state index is 0.0450. The van der Waals surface area contributed by atoms with E-state index in [2.05, 4.69) is 5.32 Å². The highest BCUT2D eigenvalue weighted by molar-refractivity contribution is 7.89. The Morgan fingerprint density at radius 3 is 2.42 bits per heavy atom. The van der Waals surface area contributed by atoms with Crippen molar-refractivity contribution in [2.24, 2.45) is 5.92 Å². The number of carbonyl (C=O) groups is 2. The first-order valence-electron chi connectivity index (χ1n) is 7.82. The average Bonchev–Trinajstić information content (AvgIpc) is 2.53. The molecule has 24 heavy (non-hydrogen) atoms. The van der Waals surface area contributed by atoms with Crippen molar-refractivity contribution >= 4 is 21.9 Å². The van der Waals surface area contributed by atoms with E-state index >= 15 is 0 Å². The van der Waals surface area contributed by atoms with Crippen molar-refractivity contribution < 1.29 is 23.1 Å². The summed E-state index contributed by atoms with van der Waals surface area (Å²) in [4.78, 5) is 22.8. The lowest BCUT2D eigenvalue weighted by Gasteiger charge is -2.18. The SMILES string of the molecule is CCN(CC)S(=O)(=O)c1cccc(C(=O)NCC(C)CC(=O)O)c1. The summed E-state index contributed by atoms with van der Waals surface area (Å²) in [6.07, 6.45) is -0.0450. The number of aliphatic carboxylic acids is 1. The highest BCUT2D eigenvalue weighted by atomic mass is 32.2. The molecule has 1 aromatic carbocycles. The lowest BCUT2D eigenvalue weighted by Crippen LogP contribution is -2.31. The number of benzene rings is 1. The van der Waals surface area contributed by atoms with E-state index in [1.54, 1.807) is 20.8 Å². The van der Waals surface area contributed by atoms with Crippen LogP contribution in [0.1, 0.15) is 37.6 Å². The number of hydrogen-bond donors (Lipinski definition) is 2. The van der Waals surface area contributed by atoms with Crippen LogP contribution in [-0.4, -0.2) is 49.3 Å². The second kappa shape index (κ2) is 8.79. The fourth-order valence-electron chi connectivity index (χ4n) is 2.25. The quantitative estimate of drug-likeness (QED) is 0.699. The first kappa shape index (κ1) is 20.1. The number of sulfonamides is 1. The molecule has 7 nitrogen and oxygen atoms in total. The van der Waals surface area contributed by atoms with Gasteiger partial charge in [-0.3, -0.25) is 9.59 Å². The summed E-state index contributed by atoms with van der Waals surface area (Å²) >= 11 is 0. The van der Waals surface area contributed by atoms with Crippen molar-refractivity contribution in [3.05, 3.63) is 29.8 Å². The van der Waals surface area contributed by atoms with Crippen LogP contribution in [0.25, 0.3) is 0 Å². The fraction of sp³-hybridized carbons (Fsp3) is 0.500. The summed E-state index contributed by atoms with van der Waals surface area (Å²) in [5.74, 6) is -1.57. The monoisotopic (exact) mass is 356 g/mol. The van der Waals surface area contributed by atoms with Crippen molar-refractivity contribution in [2.75, 3.05) is 19.6 Å². The average molecular weight is 356 g/mol. The maximum absolute atomic E-state index is 12.5. The van der Waals surface area contributed by atoms with Gasteiger partial charge in [-0.2, -0.15) is 4.31 Å². The van der Waals surface area contributed by atoms with Crippen molar-refractivity contribution in [3.63, 3.8) is 0 Å². The maximum Gasteiger partial charge on any atom is 0.303 e. The number of nitrogens with one attached hydrogen (secondary N) is 1. The molecular formula is C16H24N2O5S. The van der Waals surface area contributed by atoms with Gasteiger partial charge in [0, 0.05) is 31.6 Å². The third-order valence-corrected chi connectivity index (χ3v) is 5.62. The van der Waals surface area contributed by atoms with Crippen LogP contribution < -0.4 is 5.32 Å². The molecule has 1 rings (SSSR count). The molecule has 1 amide bonds. The van der Waals surface area contributed by atoms with Gasteiger partial charge in [0.2, 0.25) is 10.0 Å². The van der Waals surface area contributed by atoms with Crippen LogP contribution in [0.5, 0.6) is 0 Å². The summed E-state index contributed by atoms with van der Waals surface area (Å²) in [6, 6.07) is 5.84. The molecule has 0 fully saturated rings. The molecule has 1 aromatic rings. The maximum atomic E-state index is 12.5. The van der Waals surface area contributed by atoms with E-state index in [-0.39, 0.29) is 29.3 Å². The number of carbonyl (C=O) groups excluding carboxylic acids is 1. The van der Waals surface area contributed by atoms with E-state index in [4.69, 9.17) is 5.11 Å². The van der Waals surface area contributed by atoms with Gasteiger partial charge in [0.1, 0.15) is 0 Å². The van der Waals surface area contributed by atoms with Crippen LogP contribution in [0.3, 0.4) is 0 Å². The van der Waals surface area contributed by atoms with Crippen molar-refractivity contribution in [1.29, 1.82) is 0 Å². The first-order valence-corrected chi connectivity index (χ1v) is 9.26. The Balaban J connectivity index is 2.88. The van der Waals surface area contributed by atoms with E-state index < -0.39 is 21.9 Å². The standard InChI is InChI=1S/C16H24N2O5S/c1-4-18(5-2)24(22,23)14-8-6-7-13(10-14)16(21)17-11-12(3)9-15(19)20/h6-8,10,12H,4-5,9,11H2,1-3H3,(H,17,21)(H,19,20). The number of nitrogens with zero attached hydrogens (tertiary/aromatic N) is 1. The van der Waals surface area contributed by atoms with E-state index in [0.717, 1.165) is 0 Å². The predicted octanol–water partition coefficient (Wildman–Crippen LogP) is 1.56. The summed E-state index contributed by atoms with van der Waals surface area (Å²) in [5, 5.41) is 11.3. The van der Waals surface area contributed by atoms with Crippen LogP contribution >= 0.6 is 0 Å². The van der Waals surface area contributed by atoms with Crippen LogP contribution in [0, 0.1) is 5.92 Å². The summed E-state index contributed by atoms with van der Waals surface area (Å²) in [6.45, 7) is 6.13. The second-order valence-corrected chi connectivity index (χ2v) is 7.47. The molecule has 0 saturated carbocycles. The zero-order valence-electron chi connectivity index (χ0n) is 14.2. The Hall–Kier alpha value is -1.93.